The number of amides is 1. The predicted octanol–water partition coefficient (Wildman–Crippen LogP) is -0.280. The van der Waals surface area contributed by atoms with E-state index in [1.165, 1.54) is 0 Å². The Hall–Kier alpha value is -1.28. The molecule has 106 valence electrons. The summed E-state index contributed by atoms with van der Waals surface area (Å²) < 4.78 is 17.5. The van der Waals surface area contributed by atoms with Gasteiger partial charge in [0.2, 0.25) is 6.41 Å². The van der Waals surface area contributed by atoms with Gasteiger partial charge < -0.3 is 19.4 Å². The summed E-state index contributed by atoms with van der Waals surface area (Å²) in [6.45, 7) is 1.23. The molecule has 1 aromatic carbocycles. The van der Waals surface area contributed by atoms with Crippen LogP contribution in [0, 0.1) is 0 Å². The van der Waals surface area contributed by atoms with E-state index in [0.717, 1.165) is 16.8 Å². The fourth-order valence-corrected chi connectivity index (χ4v) is 2.66. The highest BCUT2D eigenvalue weighted by molar-refractivity contribution is 6.64. The fraction of sp³-hybridized carbons (Fsp3) is 0.417. The number of carbonyl (C=O) groups excluding carboxylic acids is 1. The van der Waals surface area contributed by atoms with Crippen molar-refractivity contribution in [1.82, 2.24) is 10.2 Å². The Morgan fingerprint density at radius 2 is 2.30 bits per heavy atom. The number of halogens is 1. The molecule has 1 unspecified atom stereocenters. The van der Waals surface area contributed by atoms with Crippen molar-refractivity contribution in [3.8, 4) is 5.75 Å². The lowest BCUT2D eigenvalue weighted by Crippen LogP contribution is -2.39. The molecule has 2 atom stereocenters. The van der Waals surface area contributed by atoms with Crippen LogP contribution in [0.4, 0.5) is 0 Å². The van der Waals surface area contributed by atoms with E-state index in [-0.39, 0.29) is 12.2 Å². The minimum atomic E-state index is -0.489. The number of ether oxygens (including phenoxy) is 1. The van der Waals surface area contributed by atoms with Crippen molar-refractivity contribution in [2.75, 3.05) is 19.7 Å². The molecule has 6 nitrogen and oxygen atoms in total. The largest absolute Gasteiger partial charge is 0.498 e. The zero-order chi connectivity index (χ0) is 13.9. The van der Waals surface area contributed by atoms with Crippen LogP contribution >= 0.6 is 11.8 Å². The van der Waals surface area contributed by atoms with Crippen LogP contribution in [0.5, 0.6) is 5.75 Å². The summed E-state index contributed by atoms with van der Waals surface area (Å²) >= 11 is 5.57. The second-order valence-electron chi connectivity index (χ2n) is 4.65. The maximum atomic E-state index is 10.4. The topological polar surface area (TPSA) is 68.8 Å². The first kappa shape index (κ1) is 13.7. The lowest BCUT2D eigenvalue weighted by molar-refractivity contribution is -0.110. The third kappa shape index (κ3) is 2.49. The highest BCUT2D eigenvalue weighted by Crippen LogP contribution is 2.30. The SMILES string of the molecule is O=CNC[C@@H]1COc2cccc3c2B(OC3CNCl)O1. The first-order valence-electron chi connectivity index (χ1n) is 6.40. The molecule has 0 saturated carbocycles. The monoisotopic (exact) mass is 296 g/mol. The van der Waals surface area contributed by atoms with Crippen LogP contribution in [0.1, 0.15) is 11.7 Å². The molecule has 2 N–H and O–H groups in total. The van der Waals surface area contributed by atoms with Crippen LogP contribution in [0.2, 0.25) is 0 Å². The smallest absolute Gasteiger partial charge is 0.491 e. The van der Waals surface area contributed by atoms with Gasteiger partial charge in [0.05, 0.1) is 12.2 Å². The molecule has 2 aliphatic heterocycles. The molecule has 20 heavy (non-hydrogen) atoms. The van der Waals surface area contributed by atoms with Crippen LogP contribution in [0.25, 0.3) is 0 Å². The summed E-state index contributed by atoms with van der Waals surface area (Å²) in [5.74, 6) is 0.762. The van der Waals surface area contributed by atoms with Gasteiger partial charge in [0, 0.05) is 18.6 Å². The van der Waals surface area contributed by atoms with Gasteiger partial charge in [-0.3, -0.25) is 4.79 Å². The summed E-state index contributed by atoms with van der Waals surface area (Å²) in [4.78, 5) is 13.0. The zero-order valence-corrected chi connectivity index (χ0v) is 11.4. The van der Waals surface area contributed by atoms with Gasteiger partial charge in [0.1, 0.15) is 12.4 Å². The Morgan fingerprint density at radius 1 is 1.40 bits per heavy atom. The molecule has 1 amide bonds. The molecule has 0 fully saturated rings. The molecular formula is C12H14BClN2O4. The van der Waals surface area contributed by atoms with E-state index in [9.17, 15) is 4.79 Å². The molecule has 0 radical (unpaired) electrons. The lowest BCUT2D eigenvalue weighted by Gasteiger charge is -2.18. The van der Waals surface area contributed by atoms with Gasteiger partial charge in [-0.15, -0.1) is 0 Å². The van der Waals surface area contributed by atoms with Crippen LogP contribution in [0.15, 0.2) is 18.2 Å². The van der Waals surface area contributed by atoms with E-state index < -0.39 is 7.12 Å². The number of benzene rings is 1. The maximum Gasteiger partial charge on any atom is 0.498 e. The van der Waals surface area contributed by atoms with E-state index >= 15 is 0 Å². The molecule has 8 heteroatoms. The average Bonchev–Trinajstić information content (AvgIpc) is 2.70. The minimum Gasteiger partial charge on any atom is -0.491 e. The van der Waals surface area contributed by atoms with Crippen molar-refractivity contribution >= 4 is 30.8 Å². The van der Waals surface area contributed by atoms with E-state index in [4.69, 9.17) is 25.8 Å². The molecule has 0 aliphatic carbocycles. The Labute approximate surface area is 122 Å². The van der Waals surface area contributed by atoms with Crippen molar-refractivity contribution in [3.05, 3.63) is 23.8 Å². The van der Waals surface area contributed by atoms with E-state index in [1.54, 1.807) is 0 Å². The summed E-state index contributed by atoms with van der Waals surface area (Å²) in [6.07, 6.45) is 0.213. The minimum absolute atomic E-state index is 0.172. The molecule has 0 bridgehead atoms. The maximum absolute atomic E-state index is 10.4. The van der Waals surface area contributed by atoms with Gasteiger partial charge in [-0.05, 0) is 23.4 Å². The Morgan fingerprint density at radius 3 is 3.10 bits per heavy atom. The molecular weight excluding hydrogens is 282 g/mol. The van der Waals surface area contributed by atoms with Gasteiger partial charge in [0.25, 0.3) is 0 Å². The highest BCUT2D eigenvalue weighted by atomic mass is 35.5. The number of hydrogen-bond acceptors (Lipinski definition) is 5. The molecule has 0 aromatic heterocycles. The van der Waals surface area contributed by atoms with Crippen molar-refractivity contribution < 1.29 is 18.8 Å². The van der Waals surface area contributed by atoms with Crippen molar-refractivity contribution in [2.24, 2.45) is 0 Å². The number of rotatable bonds is 5. The van der Waals surface area contributed by atoms with Gasteiger partial charge in [0.15, 0.2) is 0 Å². The van der Waals surface area contributed by atoms with Crippen molar-refractivity contribution in [3.63, 3.8) is 0 Å². The fourth-order valence-electron chi connectivity index (χ4n) is 2.52. The second-order valence-corrected chi connectivity index (χ2v) is 4.92. The van der Waals surface area contributed by atoms with Crippen LogP contribution in [0.3, 0.4) is 0 Å². The van der Waals surface area contributed by atoms with Gasteiger partial charge in [-0.2, -0.15) is 0 Å². The third-order valence-electron chi connectivity index (χ3n) is 3.40. The molecule has 0 saturated heterocycles. The first-order chi connectivity index (χ1) is 9.83. The van der Waals surface area contributed by atoms with E-state index in [1.807, 2.05) is 18.2 Å². The highest BCUT2D eigenvalue weighted by Gasteiger charge is 2.43. The Kier molecular flexibility index (Phi) is 4.11. The van der Waals surface area contributed by atoms with E-state index in [0.29, 0.717) is 26.1 Å². The number of hydrogen-bond donors (Lipinski definition) is 2. The zero-order valence-electron chi connectivity index (χ0n) is 10.7. The third-order valence-corrected chi connectivity index (χ3v) is 3.56. The molecule has 2 aliphatic rings. The second kappa shape index (κ2) is 6.01. The summed E-state index contributed by atoms with van der Waals surface area (Å²) in [5.41, 5.74) is 1.93. The van der Waals surface area contributed by atoms with Gasteiger partial charge in [-0.1, -0.05) is 12.1 Å². The Balaban J connectivity index is 1.85. The van der Waals surface area contributed by atoms with Crippen molar-refractivity contribution in [1.29, 1.82) is 0 Å². The standard InChI is InChI=1S/C12H14BClN2O4/c14-16-5-11-9-2-1-3-10-12(9)13(20-11)19-8(6-18-10)4-15-7-17/h1-3,7-8,11,16H,4-6H2,(H,15,17)/t8-,11?/m1/s1. The van der Waals surface area contributed by atoms with Crippen LogP contribution < -0.4 is 20.4 Å². The van der Waals surface area contributed by atoms with Crippen LogP contribution in [-0.4, -0.2) is 39.3 Å². The normalized spacial score (nSPS) is 23.8. The molecule has 0 spiro atoms. The Bertz CT molecular complexity index is 504. The molecule has 3 rings (SSSR count). The van der Waals surface area contributed by atoms with Gasteiger partial charge in [-0.25, -0.2) is 4.84 Å². The summed E-state index contributed by atoms with van der Waals surface area (Å²) in [7, 11) is -0.489. The lowest BCUT2D eigenvalue weighted by atomic mass is 9.77. The predicted molar refractivity (Wildman–Crippen MR) is 73.9 cm³/mol. The molecule has 2 heterocycles. The van der Waals surface area contributed by atoms with Crippen LogP contribution in [-0.2, 0) is 14.1 Å². The first-order valence-corrected chi connectivity index (χ1v) is 6.78. The number of carbonyl (C=O) groups is 1. The quantitative estimate of drug-likeness (QED) is 0.444. The summed E-state index contributed by atoms with van der Waals surface area (Å²) in [6, 6.07) is 5.80. The van der Waals surface area contributed by atoms with Crippen molar-refractivity contribution in [2.45, 2.75) is 12.2 Å². The molecule has 1 aromatic rings. The van der Waals surface area contributed by atoms with Gasteiger partial charge >= 0.3 is 7.12 Å². The average molecular weight is 297 g/mol. The summed E-state index contributed by atoms with van der Waals surface area (Å²) in [5, 5.41) is 2.60. The number of nitrogens with one attached hydrogen (secondary N) is 2. The van der Waals surface area contributed by atoms with E-state index in [2.05, 4.69) is 10.2 Å².